The lowest BCUT2D eigenvalue weighted by Crippen LogP contribution is -2.35. The molecule has 22 heavy (non-hydrogen) atoms. The lowest BCUT2D eigenvalue weighted by atomic mass is 10.0. The van der Waals surface area contributed by atoms with E-state index in [4.69, 9.17) is 4.74 Å². The Morgan fingerprint density at radius 1 is 1.32 bits per heavy atom. The maximum Gasteiger partial charge on any atom is 0.247 e. The molecule has 1 atom stereocenters. The molecule has 1 aromatic carbocycles. The van der Waals surface area contributed by atoms with E-state index < -0.39 is 0 Å². The quantitative estimate of drug-likeness (QED) is 0.936. The van der Waals surface area contributed by atoms with E-state index in [1.165, 1.54) is 12.8 Å². The lowest BCUT2D eigenvalue weighted by molar-refractivity contribution is 0.417. The predicted molar refractivity (Wildman–Crippen MR) is 86.7 cm³/mol. The number of nitrogens with one attached hydrogen (secondary N) is 1. The Bertz CT molecular complexity index is 633. The molecule has 0 bridgehead atoms. The summed E-state index contributed by atoms with van der Waals surface area (Å²) in [4.78, 5) is 6.79. The van der Waals surface area contributed by atoms with Crippen LogP contribution in [0, 0.1) is 5.92 Å². The Morgan fingerprint density at radius 2 is 2.18 bits per heavy atom. The molecule has 1 aliphatic rings. The van der Waals surface area contributed by atoms with Gasteiger partial charge in [-0.05, 0) is 30.9 Å². The fourth-order valence-corrected chi connectivity index (χ4v) is 2.75. The number of hydrogen-bond donors (Lipinski definition) is 1. The third-order valence-corrected chi connectivity index (χ3v) is 3.86. The maximum absolute atomic E-state index is 5.34. The van der Waals surface area contributed by atoms with Crippen molar-refractivity contribution < 1.29 is 4.74 Å². The molecule has 1 unspecified atom stereocenters. The highest BCUT2D eigenvalue weighted by Gasteiger charge is 2.19. The summed E-state index contributed by atoms with van der Waals surface area (Å²) in [5.74, 6) is 2.80. The monoisotopic (exact) mass is 299 g/mol. The first-order valence-corrected chi connectivity index (χ1v) is 7.61. The second-order valence-corrected chi connectivity index (χ2v) is 5.66. The Morgan fingerprint density at radius 3 is 3.00 bits per heavy atom. The van der Waals surface area contributed by atoms with Gasteiger partial charge < -0.3 is 15.0 Å². The van der Waals surface area contributed by atoms with Gasteiger partial charge in [0.15, 0.2) is 5.82 Å². The average Bonchev–Trinajstić information content (AvgIpc) is 2.56. The molecule has 0 saturated carbocycles. The minimum Gasteiger partial charge on any atom is -0.495 e. The van der Waals surface area contributed by atoms with Crippen LogP contribution < -0.4 is 15.0 Å². The van der Waals surface area contributed by atoms with Crippen molar-refractivity contribution in [1.29, 1.82) is 0 Å². The van der Waals surface area contributed by atoms with E-state index in [0.29, 0.717) is 17.7 Å². The zero-order valence-electron chi connectivity index (χ0n) is 13.0. The minimum absolute atomic E-state index is 0.670. The Labute approximate surface area is 130 Å². The highest BCUT2D eigenvalue weighted by atomic mass is 16.5. The molecule has 0 amide bonds. The molecule has 3 rings (SSSR count). The van der Waals surface area contributed by atoms with Crippen LogP contribution in [-0.2, 0) is 0 Å². The highest BCUT2D eigenvalue weighted by molar-refractivity contribution is 5.64. The zero-order valence-corrected chi connectivity index (χ0v) is 13.0. The average molecular weight is 299 g/mol. The summed E-state index contributed by atoms with van der Waals surface area (Å²) in [7, 11) is 1.65. The van der Waals surface area contributed by atoms with Crippen molar-refractivity contribution in [1.82, 2.24) is 15.2 Å². The van der Waals surface area contributed by atoms with Gasteiger partial charge in [-0.2, -0.15) is 10.1 Å². The van der Waals surface area contributed by atoms with E-state index in [9.17, 15) is 0 Å². The van der Waals surface area contributed by atoms with Crippen molar-refractivity contribution in [2.75, 3.05) is 30.4 Å². The van der Waals surface area contributed by atoms with Crippen molar-refractivity contribution in [3.8, 4) is 5.75 Å². The van der Waals surface area contributed by atoms with E-state index in [1.807, 2.05) is 24.3 Å². The summed E-state index contributed by atoms with van der Waals surface area (Å²) in [6, 6.07) is 7.74. The predicted octanol–water partition coefficient (Wildman–Crippen LogP) is 2.86. The summed E-state index contributed by atoms with van der Waals surface area (Å²) in [6.07, 6.45) is 4.07. The number of methoxy groups -OCH3 is 1. The summed E-state index contributed by atoms with van der Waals surface area (Å²) in [5, 5.41) is 11.5. The van der Waals surface area contributed by atoms with E-state index in [0.717, 1.165) is 24.5 Å². The van der Waals surface area contributed by atoms with E-state index in [1.54, 1.807) is 13.3 Å². The number of rotatable bonds is 4. The standard InChI is InChI=1S/C16H21N5O/c1-12-6-5-9-21(11-12)16-19-15(10-17-20-16)18-13-7-3-4-8-14(13)22-2/h3-4,7-8,10,12H,5-6,9,11H2,1-2H3,(H,18,19,20). The molecule has 2 aromatic rings. The Kier molecular flexibility index (Phi) is 4.37. The van der Waals surface area contributed by atoms with E-state index in [-0.39, 0.29) is 0 Å². The first kappa shape index (κ1) is 14.6. The molecule has 0 aliphatic carbocycles. The van der Waals surface area contributed by atoms with Crippen molar-refractivity contribution in [2.24, 2.45) is 5.92 Å². The number of piperidine rings is 1. The molecular formula is C16H21N5O. The molecule has 1 N–H and O–H groups in total. The second-order valence-electron chi connectivity index (χ2n) is 5.66. The van der Waals surface area contributed by atoms with Crippen LogP contribution in [0.25, 0.3) is 0 Å². The van der Waals surface area contributed by atoms with Crippen LogP contribution in [0.1, 0.15) is 19.8 Å². The van der Waals surface area contributed by atoms with Gasteiger partial charge in [-0.25, -0.2) is 0 Å². The van der Waals surface area contributed by atoms with Gasteiger partial charge in [0.25, 0.3) is 0 Å². The van der Waals surface area contributed by atoms with Crippen molar-refractivity contribution in [2.45, 2.75) is 19.8 Å². The topological polar surface area (TPSA) is 63.2 Å². The molecule has 6 nitrogen and oxygen atoms in total. The van der Waals surface area contributed by atoms with Crippen LogP contribution in [-0.4, -0.2) is 35.4 Å². The van der Waals surface area contributed by atoms with Gasteiger partial charge in [0, 0.05) is 13.1 Å². The van der Waals surface area contributed by atoms with Crippen LogP contribution >= 0.6 is 0 Å². The maximum atomic E-state index is 5.34. The molecular weight excluding hydrogens is 278 g/mol. The Balaban J connectivity index is 1.79. The van der Waals surface area contributed by atoms with Crippen LogP contribution in [0.2, 0.25) is 0 Å². The Hall–Kier alpha value is -2.37. The summed E-state index contributed by atoms with van der Waals surface area (Å²) >= 11 is 0. The molecule has 1 fully saturated rings. The van der Waals surface area contributed by atoms with Gasteiger partial charge in [-0.1, -0.05) is 19.1 Å². The van der Waals surface area contributed by atoms with Gasteiger partial charge in [0.2, 0.25) is 5.95 Å². The van der Waals surface area contributed by atoms with Crippen LogP contribution in [0.4, 0.5) is 17.5 Å². The van der Waals surface area contributed by atoms with E-state index >= 15 is 0 Å². The number of benzene rings is 1. The largest absolute Gasteiger partial charge is 0.495 e. The second kappa shape index (κ2) is 6.60. The van der Waals surface area contributed by atoms with Gasteiger partial charge >= 0.3 is 0 Å². The number of ether oxygens (including phenoxy) is 1. The highest BCUT2D eigenvalue weighted by Crippen LogP contribution is 2.26. The molecule has 6 heteroatoms. The fraction of sp³-hybridized carbons (Fsp3) is 0.438. The number of aromatic nitrogens is 3. The number of anilines is 3. The molecule has 1 aliphatic heterocycles. The molecule has 1 aromatic heterocycles. The summed E-state index contributed by atoms with van der Waals surface area (Å²) in [5.41, 5.74) is 0.864. The number of hydrogen-bond acceptors (Lipinski definition) is 6. The van der Waals surface area contributed by atoms with Gasteiger partial charge in [0.05, 0.1) is 19.0 Å². The van der Waals surface area contributed by atoms with Crippen molar-refractivity contribution >= 4 is 17.5 Å². The van der Waals surface area contributed by atoms with Gasteiger partial charge in [0.1, 0.15) is 5.75 Å². The van der Waals surface area contributed by atoms with Crippen LogP contribution in [0.5, 0.6) is 5.75 Å². The smallest absolute Gasteiger partial charge is 0.247 e. The van der Waals surface area contributed by atoms with Gasteiger partial charge in [-0.3, -0.25) is 0 Å². The van der Waals surface area contributed by atoms with Crippen LogP contribution in [0.15, 0.2) is 30.5 Å². The molecule has 0 spiro atoms. The summed E-state index contributed by atoms with van der Waals surface area (Å²) in [6.45, 7) is 4.24. The first-order valence-electron chi connectivity index (χ1n) is 7.61. The third-order valence-electron chi connectivity index (χ3n) is 3.86. The normalized spacial score (nSPS) is 18.1. The number of para-hydroxylation sites is 2. The fourth-order valence-electron chi connectivity index (χ4n) is 2.75. The summed E-state index contributed by atoms with van der Waals surface area (Å²) < 4.78 is 5.34. The first-order chi connectivity index (χ1) is 10.8. The third kappa shape index (κ3) is 3.27. The SMILES string of the molecule is COc1ccccc1Nc1cnnc(N2CCCC(C)C2)n1. The zero-order chi connectivity index (χ0) is 15.4. The molecule has 1 saturated heterocycles. The lowest BCUT2D eigenvalue weighted by Gasteiger charge is -2.30. The minimum atomic E-state index is 0.670. The molecule has 2 heterocycles. The van der Waals surface area contributed by atoms with Crippen molar-refractivity contribution in [3.63, 3.8) is 0 Å². The van der Waals surface area contributed by atoms with Gasteiger partial charge in [-0.15, -0.1) is 5.10 Å². The molecule has 116 valence electrons. The van der Waals surface area contributed by atoms with E-state index in [2.05, 4.69) is 32.3 Å². The van der Waals surface area contributed by atoms with Crippen LogP contribution in [0.3, 0.4) is 0 Å². The van der Waals surface area contributed by atoms with Crippen molar-refractivity contribution in [3.05, 3.63) is 30.5 Å². The molecule has 0 radical (unpaired) electrons. The number of nitrogens with zero attached hydrogens (tertiary/aromatic N) is 4.